The highest BCUT2D eigenvalue weighted by atomic mass is 32.1. The van der Waals surface area contributed by atoms with Gasteiger partial charge in [0.25, 0.3) is 5.91 Å². The van der Waals surface area contributed by atoms with Crippen LogP contribution in [0.25, 0.3) is 10.2 Å². The molecular formula is C29H31N3O2S. The molecule has 1 aromatic heterocycles. The Morgan fingerprint density at radius 1 is 0.800 bits per heavy atom. The number of nitrogens with zero attached hydrogens (tertiary/aromatic N) is 3. The molecule has 180 valence electrons. The summed E-state index contributed by atoms with van der Waals surface area (Å²) in [4.78, 5) is 35.4. The van der Waals surface area contributed by atoms with Gasteiger partial charge in [-0.15, -0.1) is 0 Å². The Bertz CT molecular complexity index is 1290. The van der Waals surface area contributed by atoms with Crippen LogP contribution in [0.5, 0.6) is 0 Å². The summed E-state index contributed by atoms with van der Waals surface area (Å²) in [5, 5.41) is 0.701. The van der Waals surface area contributed by atoms with Crippen molar-refractivity contribution in [2.24, 2.45) is 0 Å². The average molecular weight is 486 g/mol. The molecule has 0 N–H and O–H groups in total. The van der Waals surface area contributed by atoms with Crippen molar-refractivity contribution in [1.29, 1.82) is 0 Å². The van der Waals surface area contributed by atoms with Crippen molar-refractivity contribution < 1.29 is 9.59 Å². The van der Waals surface area contributed by atoms with Gasteiger partial charge in [0.05, 0.1) is 10.2 Å². The molecule has 0 bridgehead atoms. The molecule has 4 rings (SSSR count). The molecule has 0 aliphatic heterocycles. The van der Waals surface area contributed by atoms with Crippen molar-refractivity contribution in [2.75, 3.05) is 31.1 Å². The molecule has 0 spiro atoms. The predicted molar refractivity (Wildman–Crippen MR) is 145 cm³/mol. The summed E-state index contributed by atoms with van der Waals surface area (Å²) in [6.45, 7) is 11.6. The highest BCUT2D eigenvalue weighted by Crippen LogP contribution is 2.31. The lowest BCUT2D eigenvalue weighted by Crippen LogP contribution is -2.38. The zero-order chi connectivity index (χ0) is 24.9. The number of carbonyl (C=O) groups excluding carboxylic acids is 2. The van der Waals surface area contributed by atoms with Crippen molar-refractivity contribution in [3.63, 3.8) is 0 Å². The smallest absolute Gasteiger partial charge is 0.260 e. The zero-order valence-corrected chi connectivity index (χ0v) is 21.6. The number of amides is 1. The van der Waals surface area contributed by atoms with E-state index in [9.17, 15) is 9.59 Å². The molecule has 4 aromatic rings. The molecule has 1 heterocycles. The fourth-order valence-corrected chi connectivity index (χ4v) is 5.09. The van der Waals surface area contributed by atoms with Crippen molar-refractivity contribution in [1.82, 2.24) is 9.88 Å². The third kappa shape index (κ3) is 5.50. The van der Waals surface area contributed by atoms with Crippen molar-refractivity contribution >= 4 is 38.4 Å². The maximum atomic E-state index is 13.7. The number of benzene rings is 3. The number of hydrogen-bond donors (Lipinski definition) is 0. The Hall–Kier alpha value is -3.35. The van der Waals surface area contributed by atoms with Crippen LogP contribution in [-0.4, -0.2) is 47.8 Å². The fraction of sp³-hybridized carbons (Fsp3) is 0.276. The molecule has 0 radical (unpaired) electrons. The molecule has 1 amide bonds. The van der Waals surface area contributed by atoms with Gasteiger partial charge in [-0.2, -0.15) is 0 Å². The Balaban J connectivity index is 1.64. The van der Waals surface area contributed by atoms with Crippen molar-refractivity contribution in [3.05, 3.63) is 94.5 Å². The van der Waals surface area contributed by atoms with Crippen LogP contribution in [0.1, 0.15) is 51.3 Å². The van der Waals surface area contributed by atoms with Gasteiger partial charge in [0.15, 0.2) is 10.9 Å². The lowest BCUT2D eigenvalue weighted by atomic mass is 10.0. The standard InChI is InChI=1S/C29H31N3O2S/c1-5-31(6-2)16-17-32(29-30-25-18-20(3)21(4)19-26(25)35-29)28(34)24-14-12-23(13-15-24)27(33)22-10-8-7-9-11-22/h7-15,18-19H,5-6,16-17H2,1-4H3. The summed E-state index contributed by atoms with van der Waals surface area (Å²) in [6.07, 6.45) is 0. The zero-order valence-electron chi connectivity index (χ0n) is 20.7. The minimum absolute atomic E-state index is 0.0556. The van der Waals surface area contributed by atoms with E-state index in [2.05, 4.69) is 44.7 Å². The lowest BCUT2D eigenvalue weighted by molar-refractivity contribution is 0.0981. The van der Waals surface area contributed by atoms with E-state index in [1.807, 2.05) is 18.2 Å². The van der Waals surface area contributed by atoms with Gasteiger partial charge in [-0.25, -0.2) is 4.98 Å². The Morgan fingerprint density at radius 3 is 2.06 bits per heavy atom. The molecule has 6 heteroatoms. The number of aryl methyl sites for hydroxylation is 2. The molecule has 0 unspecified atom stereocenters. The summed E-state index contributed by atoms with van der Waals surface area (Å²) in [6, 6.07) is 20.3. The van der Waals surface area contributed by atoms with E-state index in [0.29, 0.717) is 28.4 Å². The van der Waals surface area contributed by atoms with E-state index in [4.69, 9.17) is 4.98 Å². The molecule has 0 aliphatic carbocycles. The normalized spacial score (nSPS) is 11.2. The molecule has 0 aliphatic rings. The molecule has 5 nitrogen and oxygen atoms in total. The predicted octanol–water partition coefficient (Wildman–Crippen LogP) is 6.13. The van der Waals surface area contributed by atoms with Crippen LogP contribution in [-0.2, 0) is 0 Å². The number of ketones is 1. The van der Waals surface area contributed by atoms with Gasteiger partial charge in [0.2, 0.25) is 0 Å². The molecule has 3 aromatic carbocycles. The van der Waals surface area contributed by atoms with Gasteiger partial charge in [-0.05, 0) is 62.3 Å². The highest BCUT2D eigenvalue weighted by molar-refractivity contribution is 7.22. The number of likely N-dealkylation sites (N-methyl/N-ethyl adjacent to an activating group) is 1. The largest absolute Gasteiger partial charge is 0.302 e. The first-order chi connectivity index (χ1) is 16.9. The van der Waals surface area contributed by atoms with E-state index >= 15 is 0 Å². The van der Waals surface area contributed by atoms with Crippen LogP contribution in [0, 0.1) is 13.8 Å². The summed E-state index contributed by atoms with van der Waals surface area (Å²) in [7, 11) is 0. The summed E-state index contributed by atoms with van der Waals surface area (Å²) in [5.41, 5.74) is 5.06. The van der Waals surface area contributed by atoms with Gasteiger partial charge >= 0.3 is 0 Å². The van der Waals surface area contributed by atoms with Crippen LogP contribution in [0.15, 0.2) is 66.7 Å². The maximum absolute atomic E-state index is 13.7. The first kappa shape index (κ1) is 24.8. The topological polar surface area (TPSA) is 53.5 Å². The van der Waals surface area contributed by atoms with Crippen LogP contribution >= 0.6 is 11.3 Å². The van der Waals surface area contributed by atoms with Crippen LogP contribution in [0.2, 0.25) is 0 Å². The minimum Gasteiger partial charge on any atom is -0.302 e. The van der Waals surface area contributed by atoms with E-state index in [1.54, 1.807) is 52.6 Å². The number of fused-ring (bicyclic) bond motifs is 1. The molecule has 0 fully saturated rings. The maximum Gasteiger partial charge on any atom is 0.260 e. The van der Waals surface area contributed by atoms with Crippen LogP contribution in [0.4, 0.5) is 5.13 Å². The van der Waals surface area contributed by atoms with Gasteiger partial charge in [-0.3, -0.25) is 14.5 Å². The number of anilines is 1. The van der Waals surface area contributed by atoms with Gasteiger partial charge in [-0.1, -0.05) is 67.6 Å². The number of aromatic nitrogens is 1. The van der Waals surface area contributed by atoms with Crippen LogP contribution < -0.4 is 4.90 Å². The minimum atomic E-state index is -0.108. The van der Waals surface area contributed by atoms with Gasteiger partial charge in [0, 0.05) is 29.8 Å². The fourth-order valence-electron chi connectivity index (χ4n) is 4.02. The second-order valence-corrected chi connectivity index (χ2v) is 9.67. The highest BCUT2D eigenvalue weighted by Gasteiger charge is 2.22. The quantitative estimate of drug-likeness (QED) is 0.268. The SMILES string of the molecule is CCN(CC)CCN(C(=O)c1ccc(C(=O)c2ccccc2)cc1)c1nc2cc(C)c(C)cc2s1. The summed E-state index contributed by atoms with van der Waals surface area (Å²) >= 11 is 1.54. The molecule has 0 saturated carbocycles. The number of carbonyl (C=O) groups is 2. The van der Waals surface area contributed by atoms with Gasteiger partial charge in [0.1, 0.15) is 0 Å². The van der Waals surface area contributed by atoms with E-state index < -0.39 is 0 Å². The molecule has 0 saturated heterocycles. The molecule has 35 heavy (non-hydrogen) atoms. The third-order valence-corrected chi connectivity index (χ3v) is 7.47. The second kappa shape index (κ2) is 10.9. The van der Waals surface area contributed by atoms with E-state index in [1.165, 1.54) is 11.1 Å². The molecule has 0 atom stereocenters. The summed E-state index contributed by atoms with van der Waals surface area (Å²) in [5.74, 6) is -0.164. The summed E-state index contributed by atoms with van der Waals surface area (Å²) < 4.78 is 1.08. The third-order valence-electron chi connectivity index (χ3n) is 6.43. The molecular weight excluding hydrogens is 454 g/mol. The first-order valence-electron chi connectivity index (χ1n) is 12.0. The van der Waals surface area contributed by atoms with Crippen LogP contribution in [0.3, 0.4) is 0 Å². The van der Waals surface area contributed by atoms with Crippen molar-refractivity contribution in [3.8, 4) is 0 Å². The van der Waals surface area contributed by atoms with E-state index in [-0.39, 0.29) is 11.7 Å². The first-order valence-corrected chi connectivity index (χ1v) is 12.8. The number of rotatable bonds is 9. The Kier molecular flexibility index (Phi) is 7.73. The van der Waals surface area contributed by atoms with Gasteiger partial charge < -0.3 is 4.90 Å². The number of thiazole rings is 1. The number of hydrogen-bond acceptors (Lipinski definition) is 5. The Labute approximate surface area is 211 Å². The Morgan fingerprint density at radius 2 is 1.40 bits per heavy atom. The lowest BCUT2D eigenvalue weighted by Gasteiger charge is -2.24. The van der Waals surface area contributed by atoms with Crippen molar-refractivity contribution in [2.45, 2.75) is 27.7 Å². The monoisotopic (exact) mass is 485 g/mol. The second-order valence-electron chi connectivity index (χ2n) is 8.66. The average Bonchev–Trinajstić information content (AvgIpc) is 3.29. The van der Waals surface area contributed by atoms with E-state index in [0.717, 1.165) is 29.9 Å².